The minimum atomic E-state index is -1.95. The highest BCUT2D eigenvalue weighted by molar-refractivity contribution is 6.21. The number of ether oxygens (including phenoxy) is 3. The van der Waals surface area contributed by atoms with Gasteiger partial charge in [0.25, 0.3) is 23.3 Å². The van der Waals surface area contributed by atoms with E-state index in [9.17, 15) is 14.4 Å². The van der Waals surface area contributed by atoms with E-state index in [1.54, 1.807) is 60.9 Å². The van der Waals surface area contributed by atoms with E-state index < -0.39 is 23.4 Å². The molecule has 13 heteroatoms. The zero-order valence-corrected chi connectivity index (χ0v) is 19.9. The monoisotopic (exact) mass is 516 g/mol. The molecule has 0 aliphatic carbocycles. The van der Waals surface area contributed by atoms with Gasteiger partial charge in [-0.3, -0.25) is 20.2 Å². The maximum Gasteiger partial charge on any atom is 0.328 e. The van der Waals surface area contributed by atoms with E-state index in [0.717, 1.165) is 5.56 Å². The number of urea groups is 1. The van der Waals surface area contributed by atoms with Gasteiger partial charge >= 0.3 is 6.03 Å². The zero-order chi connectivity index (χ0) is 26.5. The molecule has 0 unspecified atom stereocenters. The van der Waals surface area contributed by atoms with Crippen molar-refractivity contribution in [2.75, 3.05) is 13.7 Å². The predicted molar refractivity (Wildman–Crippen MR) is 129 cm³/mol. The van der Waals surface area contributed by atoms with Gasteiger partial charge in [-0.1, -0.05) is 5.16 Å². The Morgan fingerprint density at radius 3 is 2.08 bits per heavy atom. The normalized spacial score (nSPS) is 14.5. The number of hydrogen-bond donors (Lipinski definition) is 2. The minimum absolute atomic E-state index is 0.0536. The molecule has 2 N–H and O–H groups in total. The average molecular weight is 516 g/mol. The molecule has 0 bridgehead atoms. The molecule has 5 rings (SSSR count). The largest absolute Gasteiger partial charge is 0.467 e. The van der Waals surface area contributed by atoms with Crippen molar-refractivity contribution in [3.63, 3.8) is 0 Å². The number of imide groups is 2. The molecule has 2 aromatic carbocycles. The third-order valence-corrected chi connectivity index (χ3v) is 5.54. The number of carbonyl (C=O) groups is 3. The third-order valence-electron chi connectivity index (χ3n) is 5.54. The van der Waals surface area contributed by atoms with Gasteiger partial charge < -0.3 is 18.7 Å². The van der Waals surface area contributed by atoms with E-state index in [2.05, 4.69) is 30.7 Å². The number of nitrogens with one attached hydrogen (secondary N) is 2. The van der Waals surface area contributed by atoms with Crippen molar-refractivity contribution in [2.24, 2.45) is 0 Å². The topological polar surface area (TPSA) is 168 Å². The summed E-state index contributed by atoms with van der Waals surface area (Å²) in [4.78, 5) is 48.8. The van der Waals surface area contributed by atoms with Gasteiger partial charge in [0.1, 0.15) is 23.6 Å². The molecule has 0 radical (unpaired) electrons. The number of benzene rings is 2. The summed E-state index contributed by atoms with van der Waals surface area (Å²) in [6.45, 7) is 0.0536. The van der Waals surface area contributed by atoms with E-state index in [4.69, 9.17) is 18.7 Å². The highest BCUT2D eigenvalue weighted by Crippen LogP contribution is 2.29. The number of aromatic nitrogens is 4. The smallest absolute Gasteiger partial charge is 0.328 e. The molecule has 4 amide bonds. The van der Waals surface area contributed by atoms with Crippen molar-refractivity contribution < 1.29 is 33.1 Å². The molecule has 4 aromatic rings. The number of nitrogens with zero attached hydrogens (tertiary/aromatic N) is 4. The Bertz CT molecular complexity index is 1440. The third kappa shape index (κ3) is 5.03. The Labute approximate surface area is 215 Å². The summed E-state index contributed by atoms with van der Waals surface area (Å²) < 4.78 is 22.0. The SMILES string of the molecule is COCCC1(Oc2ccc(Oc3ccc(-c4noc(-c5cncnc5)n4)cc3)cc2)C(=O)NC(=O)NC1=O. The van der Waals surface area contributed by atoms with Gasteiger partial charge in [0.05, 0.1) is 12.2 Å². The van der Waals surface area contributed by atoms with Crippen molar-refractivity contribution in [1.82, 2.24) is 30.7 Å². The maximum absolute atomic E-state index is 12.5. The van der Waals surface area contributed by atoms with Crippen LogP contribution in [0.4, 0.5) is 4.79 Å². The molecular weight excluding hydrogens is 496 g/mol. The molecule has 13 nitrogen and oxygen atoms in total. The van der Waals surface area contributed by atoms with Crippen LogP contribution in [0.2, 0.25) is 0 Å². The number of barbiturate groups is 1. The number of carbonyl (C=O) groups excluding carboxylic acids is 3. The van der Waals surface area contributed by atoms with Crippen molar-refractivity contribution in [2.45, 2.75) is 12.0 Å². The molecule has 1 fully saturated rings. The summed E-state index contributed by atoms with van der Waals surface area (Å²) in [5.74, 6) is 0.224. The van der Waals surface area contributed by atoms with Crippen LogP contribution in [0.3, 0.4) is 0 Å². The maximum atomic E-state index is 12.5. The fourth-order valence-electron chi connectivity index (χ4n) is 3.61. The summed E-state index contributed by atoms with van der Waals surface area (Å²) in [6.07, 6.45) is 4.48. The summed E-state index contributed by atoms with van der Waals surface area (Å²) in [5, 5.41) is 8.12. The van der Waals surface area contributed by atoms with Crippen molar-refractivity contribution in [3.8, 4) is 40.1 Å². The second-order valence-electron chi connectivity index (χ2n) is 8.06. The van der Waals surface area contributed by atoms with Crippen LogP contribution in [0.15, 0.2) is 71.8 Å². The molecule has 1 aliphatic heterocycles. The Balaban J connectivity index is 1.26. The van der Waals surface area contributed by atoms with Crippen molar-refractivity contribution in [3.05, 3.63) is 67.3 Å². The van der Waals surface area contributed by atoms with Crippen LogP contribution in [-0.2, 0) is 14.3 Å². The fourth-order valence-corrected chi connectivity index (χ4v) is 3.61. The molecule has 38 heavy (non-hydrogen) atoms. The first-order valence-corrected chi connectivity index (χ1v) is 11.3. The highest BCUT2D eigenvalue weighted by atomic mass is 16.5. The van der Waals surface area contributed by atoms with Gasteiger partial charge in [-0.25, -0.2) is 14.8 Å². The van der Waals surface area contributed by atoms with Crippen LogP contribution in [0, 0.1) is 0 Å². The van der Waals surface area contributed by atoms with E-state index in [0.29, 0.717) is 28.8 Å². The Morgan fingerprint density at radius 2 is 1.45 bits per heavy atom. The van der Waals surface area contributed by atoms with Crippen LogP contribution in [0.1, 0.15) is 6.42 Å². The zero-order valence-electron chi connectivity index (χ0n) is 19.9. The second kappa shape index (κ2) is 10.4. The molecule has 0 spiro atoms. The number of rotatable bonds is 9. The fraction of sp³-hybridized carbons (Fsp3) is 0.160. The van der Waals surface area contributed by atoms with E-state index >= 15 is 0 Å². The minimum Gasteiger partial charge on any atom is -0.467 e. The molecule has 3 heterocycles. The quantitative estimate of drug-likeness (QED) is 0.314. The lowest BCUT2D eigenvalue weighted by molar-refractivity contribution is -0.153. The van der Waals surface area contributed by atoms with E-state index in [1.165, 1.54) is 13.4 Å². The van der Waals surface area contributed by atoms with Gasteiger partial charge in [0.15, 0.2) is 0 Å². The van der Waals surface area contributed by atoms with E-state index in [1.807, 2.05) is 0 Å². The van der Waals surface area contributed by atoms with E-state index in [-0.39, 0.29) is 18.8 Å². The lowest BCUT2D eigenvalue weighted by Crippen LogP contribution is -2.69. The first kappa shape index (κ1) is 24.5. The summed E-state index contributed by atoms with van der Waals surface area (Å²) in [6, 6.07) is 12.5. The van der Waals surface area contributed by atoms with Gasteiger partial charge in [0, 0.05) is 31.5 Å². The molecule has 192 valence electrons. The first-order chi connectivity index (χ1) is 18.5. The lowest BCUT2D eigenvalue weighted by Gasteiger charge is -2.34. The molecule has 1 aliphatic rings. The molecule has 1 saturated heterocycles. The average Bonchev–Trinajstić information content (AvgIpc) is 3.42. The molecule has 2 aromatic heterocycles. The molecule has 0 atom stereocenters. The van der Waals surface area contributed by atoms with Crippen LogP contribution < -0.4 is 20.1 Å². The predicted octanol–water partition coefficient (Wildman–Crippen LogP) is 2.51. The van der Waals surface area contributed by atoms with Gasteiger partial charge in [-0.15, -0.1) is 0 Å². The first-order valence-electron chi connectivity index (χ1n) is 11.3. The lowest BCUT2D eigenvalue weighted by atomic mass is 9.95. The summed E-state index contributed by atoms with van der Waals surface area (Å²) in [7, 11) is 1.43. The summed E-state index contributed by atoms with van der Waals surface area (Å²) in [5.41, 5.74) is -0.622. The van der Waals surface area contributed by atoms with Gasteiger partial charge in [-0.05, 0) is 48.5 Å². The second-order valence-corrected chi connectivity index (χ2v) is 8.06. The number of amides is 4. The molecule has 0 saturated carbocycles. The number of hydrogen-bond acceptors (Lipinski definition) is 11. The van der Waals surface area contributed by atoms with Crippen LogP contribution in [0.25, 0.3) is 22.8 Å². The summed E-state index contributed by atoms with van der Waals surface area (Å²) >= 11 is 0. The Morgan fingerprint density at radius 1 is 0.842 bits per heavy atom. The Kier molecular flexibility index (Phi) is 6.74. The standard InChI is InChI=1S/C25H20N6O7/c1-35-11-10-25(22(32)29-24(34)30-23(25)33)37-19-8-6-18(7-9-19)36-17-4-2-15(3-5-17)20-28-21(38-31-20)16-12-26-14-27-13-16/h2-9,12-14H,10-11H2,1H3,(H2,29,30,32,33,34). The van der Waals surface area contributed by atoms with Crippen LogP contribution in [-0.4, -0.2) is 57.3 Å². The van der Waals surface area contributed by atoms with Crippen LogP contribution in [0.5, 0.6) is 17.2 Å². The van der Waals surface area contributed by atoms with Crippen LogP contribution >= 0.6 is 0 Å². The van der Waals surface area contributed by atoms with Gasteiger partial charge in [-0.2, -0.15) is 4.98 Å². The van der Waals surface area contributed by atoms with Gasteiger partial charge in [0.2, 0.25) is 5.82 Å². The Hall–Kier alpha value is -5.17. The highest BCUT2D eigenvalue weighted by Gasteiger charge is 2.52. The van der Waals surface area contributed by atoms with Crippen molar-refractivity contribution in [1.29, 1.82) is 0 Å². The number of methoxy groups -OCH3 is 1. The van der Waals surface area contributed by atoms with Crippen molar-refractivity contribution >= 4 is 17.8 Å². The molecular formula is C25H20N6O7.